The van der Waals surface area contributed by atoms with E-state index in [2.05, 4.69) is 0 Å². The van der Waals surface area contributed by atoms with Gasteiger partial charge in [0.05, 0.1) is 69.1 Å². The zero-order chi connectivity index (χ0) is 36.9. The molecule has 0 N–H and O–H groups in total. The fraction of sp³-hybridized carbons (Fsp3) is 0.421. The van der Waals surface area contributed by atoms with E-state index in [1.807, 2.05) is 26.0 Å². The van der Waals surface area contributed by atoms with E-state index in [0.29, 0.717) is 57.0 Å². The predicted octanol–water partition coefficient (Wildman–Crippen LogP) is 6.44. The van der Waals surface area contributed by atoms with Crippen molar-refractivity contribution in [3.8, 4) is 45.6 Å². The molecule has 50 heavy (non-hydrogen) atoms. The summed E-state index contributed by atoms with van der Waals surface area (Å²) in [6.45, 7) is 3.90. The molecule has 0 aliphatic rings. The third-order valence-corrected chi connectivity index (χ3v) is 8.90. The van der Waals surface area contributed by atoms with Crippen LogP contribution in [0.15, 0.2) is 24.3 Å². The van der Waals surface area contributed by atoms with Crippen LogP contribution in [0.4, 0.5) is 0 Å². The summed E-state index contributed by atoms with van der Waals surface area (Å²) >= 11 is 0. The molecule has 0 amide bonds. The fourth-order valence-electron chi connectivity index (χ4n) is 6.40. The summed E-state index contributed by atoms with van der Waals surface area (Å²) in [5, 5.41) is 2.24. The van der Waals surface area contributed by atoms with Crippen LogP contribution in [-0.2, 0) is 31.8 Å². The number of ether oxygens (including phenoxy) is 10. The first-order chi connectivity index (χ1) is 24.0. The number of methoxy groups -OCH3 is 10. The molecule has 270 valence electrons. The van der Waals surface area contributed by atoms with E-state index in [0.717, 1.165) is 11.1 Å². The first-order valence-electron chi connectivity index (χ1n) is 15.8. The van der Waals surface area contributed by atoms with Crippen molar-refractivity contribution >= 4 is 33.5 Å². The minimum atomic E-state index is -0.709. The van der Waals surface area contributed by atoms with Crippen LogP contribution in [0.5, 0.6) is 34.5 Å². The fourth-order valence-corrected chi connectivity index (χ4v) is 6.40. The van der Waals surface area contributed by atoms with Gasteiger partial charge in [0.15, 0.2) is 0 Å². The predicted molar refractivity (Wildman–Crippen MR) is 189 cm³/mol. The highest BCUT2D eigenvalue weighted by Crippen LogP contribution is 2.55. The standard InChI is InChI=1S/C38H46O12/c1-19(41-3)13-21-15-23-25(17-27(21)43-5)33(45-7)31(37(39)49-11)35(47-9)29(23)30-24-16-22(14-20(2)42-4)28(44-6)18-26(24)34(46-8)32(36(30)48-10)38(40)50-12/h15-20H,13-14H2,1-12H3/t19-,20-/m1/s1. The van der Waals surface area contributed by atoms with Crippen molar-refractivity contribution in [2.24, 2.45) is 0 Å². The minimum Gasteiger partial charge on any atom is -0.496 e. The van der Waals surface area contributed by atoms with Gasteiger partial charge >= 0.3 is 11.9 Å². The molecule has 0 aliphatic carbocycles. The van der Waals surface area contributed by atoms with Gasteiger partial charge in [-0.1, -0.05) is 0 Å². The average molecular weight is 695 g/mol. The first-order valence-corrected chi connectivity index (χ1v) is 15.8. The van der Waals surface area contributed by atoms with Crippen molar-refractivity contribution in [1.29, 1.82) is 0 Å². The second-order valence-corrected chi connectivity index (χ2v) is 11.5. The monoisotopic (exact) mass is 694 g/mol. The summed E-state index contributed by atoms with van der Waals surface area (Å²) in [4.78, 5) is 27.3. The van der Waals surface area contributed by atoms with E-state index in [9.17, 15) is 9.59 Å². The van der Waals surface area contributed by atoms with Crippen LogP contribution in [0.1, 0.15) is 45.7 Å². The second kappa shape index (κ2) is 16.2. The van der Waals surface area contributed by atoms with Gasteiger partial charge in [-0.05, 0) is 60.0 Å². The van der Waals surface area contributed by atoms with Crippen LogP contribution < -0.4 is 28.4 Å². The van der Waals surface area contributed by atoms with Gasteiger partial charge in [0.2, 0.25) is 0 Å². The highest BCUT2D eigenvalue weighted by atomic mass is 16.5. The Bertz CT molecular complexity index is 1760. The van der Waals surface area contributed by atoms with Crippen molar-refractivity contribution in [3.63, 3.8) is 0 Å². The van der Waals surface area contributed by atoms with Crippen LogP contribution in [0.3, 0.4) is 0 Å². The maximum absolute atomic E-state index is 13.7. The SMILES string of the molecule is COC(=O)c1c(OC)c(-c2c(OC)c(C(=O)OC)c(OC)c3cc(OC)c(C[C@@H](C)OC)cc23)c2cc(C[C@@H](C)OC)c(OC)cc2c1OC. The average Bonchev–Trinajstić information content (AvgIpc) is 3.14. The van der Waals surface area contributed by atoms with Crippen molar-refractivity contribution in [2.45, 2.75) is 38.9 Å². The molecule has 0 heterocycles. The van der Waals surface area contributed by atoms with Gasteiger partial charge in [-0.2, -0.15) is 0 Å². The molecular weight excluding hydrogens is 648 g/mol. The van der Waals surface area contributed by atoms with Crippen LogP contribution in [0, 0.1) is 0 Å². The molecule has 12 heteroatoms. The number of fused-ring (bicyclic) bond motifs is 2. The highest BCUT2D eigenvalue weighted by molar-refractivity contribution is 6.20. The lowest BCUT2D eigenvalue weighted by atomic mass is 9.85. The molecule has 4 aromatic carbocycles. The number of rotatable bonds is 15. The van der Waals surface area contributed by atoms with Crippen molar-refractivity contribution in [2.75, 3.05) is 71.1 Å². The number of benzene rings is 4. The summed E-state index contributed by atoms with van der Waals surface area (Å²) in [5.41, 5.74) is 2.50. The van der Waals surface area contributed by atoms with Gasteiger partial charge < -0.3 is 47.4 Å². The zero-order valence-corrected chi connectivity index (χ0v) is 30.8. The van der Waals surface area contributed by atoms with Gasteiger partial charge in [0.25, 0.3) is 0 Å². The van der Waals surface area contributed by atoms with Crippen LogP contribution >= 0.6 is 0 Å². The Morgan fingerprint density at radius 3 is 1.08 bits per heavy atom. The van der Waals surface area contributed by atoms with E-state index in [1.165, 1.54) is 42.7 Å². The van der Waals surface area contributed by atoms with E-state index in [4.69, 9.17) is 47.4 Å². The van der Waals surface area contributed by atoms with Gasteiger partial charge in [-0.25, -0.2) is 9.59 Å². The smallest absolute Gasteiger partial charge is 0.345 e. The molecule has 0 unspecified atom stereocenters. The maximum Gasteiger partial charge on any atom is 0.345 e. The Hall–Kier alpha value is -4.94. The third kappa shape index (κ3) is 6.65. The first kappa shape index (κ1) is 37.9. The molecule has 12 nitrogen and oxygen atoms in total. The number of esters is 2. The highest BCUT2D eigenvalue weighted by Gasteiger charge is 2.35. The molecule has 0 aromatic heterocycles. The Labute approximate surface area is 292 Å². The lowest BCUT2D eigenvalue weighted by Crippen LogP contribution is -2.13. The number of hydrogen-bond acceptors (Lipinski definition) is 12. The molecule has 0 aliphatic heterocycles. The summed E-state index contributed by atoms with van der Waals surface area (Å²) in [5.74, 6) is 0.346. The molecule has 4 rings (SSSR count). The summed E-state index contributed by atoms with van der Waals surface area (Å²) < 4.78 is 57.5. The van der Waals surface area contributed by atoms with E-state index in [1.54, 1.807) is 40.6 Å². The summed E-state index contributed by atoms with van der Waals surface area (Å²) in [6.07, 6.45) is 0.650. The van der Waals surface area contributed by atoms with Gasteiger partial charge in [0.1, 0.15) is 45.6 Å². The van der Waals surface area contributed by atoms with Crippen molar-refractivity contribution in [3.05, 3.63) is 46.5 Å². The van der Waals surface area contributed by atoms with Gasteiger partial charge in [-0.3, -0.25) is 0 Å². The molecule has 0 bridgehead atoms. The number of carbonyl (C=O) groups is 2. The lowest BCUT2D eigenvalue weighted by Gasteiger charge is -2.26. The molecule has 0 saturated carbocycles. The normalized spacial score (nSPS) is 12.3. The van der Waals surface area contributed by atoms with Crippen LogP contribution in [0.2, 0.25) is 0 Å². The van der Waals surface area contributed by atoms with Crippen molar-refractivity contribution < 1.29 is 57.0 Å². The second-order valence-electron chi connectivity index (χ2n) is 11.5. The molecule has 2 atom stereocenters. The quantitative estimate of drug-likeness (QED) is 0.127. The van der Waals surface area contributed by atoms with Gasteiger partial charge in [0, 0.05) is 49.0 Å². The topological polar surface area (TPSA) is 126 Å². The summed E-state index contributed by atoms with van der Waals surface area (Å²) in [6, 6.07) is 7.48. The largest absolute Gasteiger partial charge is 0.496 e. The minimum absolute atomic E-state index is 0.0208. The Morgan fingerprint density at radius 1 is 0.480 bits per heavy atom. The van der Waals surface area contributed by atoms with Gasteiger partial charge in [-0.15, -0.1) is 0 Å². The molecule has 0 radical (unpaired) electrons. The summed E-state index contributed by atoms with van der Waals surface area (Å²) in [7, 11) is 14.8. The third-order valence-electron chi connectivity index (χ3n) is 8.90. The number of carbonyl (C=O) groups excluding carboxylic acids is 2. The van der Waals surface area contributed by atoms with E-state index < -0.39 is 11.9 Å². The van der Waals surface area contributed by atoms with E-state index in [-0.39, 0.29) is 46.3 Å². The Morgan fingerprint density at radius 2 is 0.820 bits per heavy atom. The van der Waals surface area contributed by atoms with Crippen molar-refractivity contribution in [1.82, 2.24) is 0 Å². The molecule has 0 saturated heterocycles. The maximum atomic E-state index is 13.7. The molecule has 0 fully saturated rings. The zero-order valence-electron chi connectivity index (χ0n) is 30.8. The van der Waals surface area contributed by atoms with Crippen LogP contribution in [-0.4, -0.2) is 95.2 Å². The van der Waals surface area contributed by atoms with E-state index >= 15 is 0 Å². The Balaban J connectivity index is 2.46. The molecule has 4 aromatic rings. The molecular formula is C38H46O12. The Kier molecular flexibility index (Phi) is 12.3. The number of hydrogen-bond donors (Lipinski definition) is 0. The molecule has 0 spiro atoms. The lowest BCUT2D eigenvalue weighted by molar-refractivity contribution is 0.0584. The van der Waals surface area contributed by atoms with Crippen LogP contribution in [0.25, 0.3) is 32.7 Å².